The van der Waals surface area contributed by atoms with Crippen LogP contribution in [0.25, 0.3) is 11.3 Å². The van der Waals surface area contributed by atoms with Gasteiger partial charge in [0, 0.05) is 45.2 Å². The predicted octanol–water partition coefficient (Wildman–Crippen LogP) is 2.68. The minimum Gasteiger partial charge on any atom is -0.507 e. The maximum atomic E-state index is 15.1. The van der Waals surface area contributed by atoms with Crippen molar-refractivity contribution < 1.29 is 28.6 Å². The van der Waals surface area contributed by atoms with Crippen LogP contribution in [0.1, 0.15) is 30.1 Å². The molecule has 2 aromatic rings. The third-order valence-corrected chi connectivity index (χ3v) is 8.80. The summed E-state index contributed by atoms with van der Waals surface area (Å²) >= 11 is 6.81. The SMILES string of the molecule is C=CC(=O)N1CCN2C(=O)c3c(N4CCN5C(=O)CCC5[C@@H]4C)nc(-c4c(O)cccc4F)c(Cl)c3OCC2C1. The van der Waals surface area contributed by atoms with Gasteiger partial charge in [-0.05, 0) is 31.6 Å². The molecule has 10 nitrogen and oxygen atoms in total. The number of rotatable bonds is 3. The summed E-state index contributed by atoms with van der Waals surface area (Å²) in [5.41, 5.74) is -0.0841. The number of piperazine rings is 2. The van der Waals surface area contributed by atoms with Crippen LogP contribution in [-0.4, -0.2) is 100.0 Å². The van der Waals surface area contributed by atoms with E-state index in [-0.39, 0.29) is 88.7 Å². The van der Waals surface area contributed by atoms with Crippen LogP contribution in [0.2, 0.25) is 5.02 Å². The molecule has 210 valence electrons. The second-order valence-electron chi connectivity index (χ2n) is 10.5. The van der Waals surface area contributed by atoms with Crippen molar-refractivity contribution in [1.29, 1.82) is 0 Å². The van der Waals surface area contributed by atoms with Crippen LogP contribution >= 0.6 is 11.6 Å². The highest BCUT2D eigenvalue weighted by atomic mass is 35.5. The lowest BCUT2D eigenvalue weighted by molar-refractivity contribution is -0.130. The van der Waals surface area contributed by atoms with E-state index >= 15 is 4.39 Å². The van der Waals surface area contributed by atoms with E-state index < -0.39 is 11.9 Å². The Morgan fingerprint density at radius 2 is 1.93 bits per heavy atom. The molecule has 4 aliphatic heterocycles. The van der Waals surface area contributed by atoms with E-state index in [4.69, 9.17) is 21.3 Å². The maximum Gasteiger partial charge on any atom is 0.261 e. The average Bonchev–Trinajstić information content (AvgIpc) is 3.26. The third-order valence-electron chi connectivity index (χ3n) is 8.44. The fourth-order valence-electron chi connectivity index (χ4n) is 6.37. The molecular formula is C28H29ClFN5O5. The molecule has 0 spiro atoms. The Hall–Kier alpha value is -3.86. The Kier molecular flexibility index (Phi) is 6.56. The number of phenolic OH excluding ortho intramolecular Hbond substituents is 1. The number of phenols is 1. The van der Waals surface area contributed by atoms with Crippen molar-refractivity contribution in [3.8, 4) is 22.8 Å². The highest BCUT2D eigenvalue weighted by Gasteiger charge is 2.45. The number of pyridine rings is 1. The zero-order valence-electron chi connectivity index (χ0n) is 22.0. The van der Waals surface area contributed by atoms with Crippen molar-refractivity contribution in [3.05, 3.63) is 47.3 Å². The van der Waals surface area contributed by atoms with Gasteiger partial charge in [0.25, 0.3) is 5.91 Å². The monoisotopic (exact) mass is 569 g/mol. The molecule has 0 aliphatic carbocycles. The van der Waals surface area contributed by atoms with Gasteiger partial charge in [0.05, 0.1) is 17.6 Å². The summed E-state index contributed by atoms with van der Waals surface area (Å²) in [5, 5.41) is 10.5. The van der Waals surface area contributed by atoms with Crippen LogP contribution in [0.4, 0.5) is 10.2 Å². The molecule has 40 heavy (non-hydrogen) atoms. The number of aromatic hydroxyl groups is 1. The van der Waals surface area contributed by atoms with Gasteiger partial charge < -0.3 is 29.4 Å². The summed E-state index contributed by atoms with van der Waals surface area (Å²) in [6.07, 6.45) is 2.38. The standard InChI is InChI=1S/C28H29ClFN5O5/c1-3-20(37)32-9-10-34-16(13-32)14-40-26-23(28(34)39)27(33-11-12-35-18(15(33)2)7-8-21(35)38)31-25(24(26)29)22-17(30)5-4-6-19(22)36/h3-6,15-16,18,36H,1,7-14H2,2H3/t15-,16?,18?/m0/s1. The summed E-state index contributed by atoms with van der Waals surface area (Å²) in [6.45, 7) is 7.29. The summed E-state index contributed by atoms with van der Waals surface area (Å²) in [5.74, 6) is -1.24. The molecule has 0 radical (unpaired) electrons. The van der Waals surface area contributed by atoms with Gasteiger partial charge in [0.2, 0.25) is 11.8 Å². The second kappa shape index (κ2) is 9.96. The molecule has 1 N–H and O–H groups in total. The van der Waals surface area contributed by atoms with Crippen molar-refractivity contribution in [2.24, 2.45) is 0 Å². The van der Waals surface area contributed by atoms with E-state index in [0.717, 1.165) is 0 Å². The molecule has 4 aliphatic rings. The number of hydrogen-bond acceptors (Lipinski definition) is 7. The number of amides is 3. The van der Waals surface area contributed by atoms with E-state index in [9.17, 15) is 19.5 Å². The first kappa shape index (κ1) is 26.4. The lowest BCUT2D eigenvalue weighted by atomic mass is 10.0. The Bertz CT molecular complexity index is 1420. The molecule has 12 heteroatoms. The summed E-state index contributed by atoms with van der Waals surface area (Å²) in [6, 6.07) is 3.19. The van der Waals surface area contributed by atoms with Crippen molar-refractivity contribution in [3.63, 3.8) is 0 Å². The van der Waals surface area contributed by atoms with Gasteiger partial charge in [-0.15, -0.1) is 0 Å². The second-order valence-corrected chi connectivity index (χ2v) is 10.9. The number of carbonyl (C=O) groups excluding carboxylic acids is 3. The van der Waals surface area contributed by atoms with Crippen LogP contribution in [0, 0.1) is 5.82 Å². The number of nitrogens with zero attached hydrogens (tertiary/aromatic N) is 5. The van der Waals surface area contributed by atoms with Gasteiger partial charge in [0.1, 0.15) is 40.3 Å². The first-order valence-corrected chi connectivity index (χ1v) is 13.7. The molecule has 0 saturated carbocycles. The third kappa shape index (κ3) is 4.06. The Balaban J connectivity index is 1.50. The first-order valence-electron chi connectivity index (χ1n) is 13.3. The predicted molar refractivity (Wildman–Crippen MR) is 145 cm³/mol. The molecule has 0 bridgehead atoms. The van der Waals surface area contributed by atoms with Crippen LogP contribution < -0.4 is 9.64 Å². The van der Waals surface area contributed by atoms with E-state index in [1.807, 2.05) is 16.7 Å². The lowest BCUT2D eigenvalue weighted by Crippen LogP contribution is -2.58. The minimum absolute atomic E-state index is 0.0423. The van der Waals surface area contributed by atoms with E-state index in [0.29, 0.717) is 32.5 Å². The number of anilines is 1. The highest BCUT2D eigenvalue weighted by Crippen LogP contribution is 2.47. The molecule has 5 heterocycles. The van der Waals surface area contributed by atoms with E-state index in [2.05, 4.69) is 6.58 Å². The maximum absolute atomic E-state index is 15.1. The first-order chi connectivity index (χ1) is 19.2. The molecule has 3 amide bonds. The summed E-state index contributed by atoms with van der Waals surface area (Å²) < 4.78 is 21.3. The molecule has 1 aromatic heterocycles. The van der Waals surface area contributed by atoms with Gasteiger partial charge in [-0.25, -0.2) is 9.37 Å². The molecular weight excluding hydrogens is 541 g/mol. The number of halogens is 2. The zero-order chi connectivity index (χ0) is 28.3. The van der Waals surface area contributed by atoms with Crippen LogP contribution in [0.5, 0.6) is 11.5 Å². The van der Waals surface area contributed by atoms with Gasteiger partial charge in [-0.3, -0.25) is 14.4 Å². The van der Waals surface area contributed by atoms with E-state index in [1.165, 1.54) is 24.3 Å². The minimum atomic E-state index is -0.726. The lowest BCUT2D eigenvalue weighted by Gasteiger charge is -2.44. The molecule has 3 saturated heterocycles. The largest absolute Gasteiger partial charge is 0.507 e. The molecule has 3 fully saturated rings. The van der Waals surface area contributed by atoms with Crippen LogP contribution in [0.3, 0.4) is 0 Å². The van der Waals surface area contributed by atoms with Crippen molar-refractivity contribution in [2.45, 2.75) is 37.9 Å². The number of fused-ring (bicyclic) bond motifs is 3. The topological polar surface area (TPSA) is 107 Å². The number of aromatic nitrogens is 1. The number of benzene rings is 1. The molecule has 1 aromatic carbocycles. The normalized spacial score (nSPS) is 24.2. The van der Waals surface area contributed by atoms with Gasteiger partial charge in [-0.1, -0.05) is 24.2 Å². The average molecular weight is 570 g/mol. The Morgan fingerprint density at radius 3 is 2.67 bits per heavy atom. The van der Waals surface area contributed by atoms with Crippen LogP contribution in [-0.2, 0) is 9.59 Å². The smallest absolute Gasteiger partial charge is 0.261 e. The molecule has 6 rings (SSSR count). The van der Waals surface area contributed by atoms with E-state index in [1.54, 1.807) is 9.80 Å². The molecule has 3 atom stereocenters. The Morgan fingerprint density at radius 1 is 1.18 bits per heavy atom. The quantitative estimate of drug-likeness (QED) is 0.567. The zero-order valence-corrected chi connectivity index (χ0v) is 22.7. The number of hydrogen-bond donors (Lipinski definition) is 1. The van der Waals surface area contributed by atoms with Crippen molar-refractivity contribution in [1.82, 2.24) is 19.7 Å². The summed E-state index contributed by atoms with van der Waals surface area (Å²) in [4.78, 5) is 50.8. The number of carbonyl (C=O) groups is 3. The molecule has 2 unspecified atom stereocenters. The van der Waals surface area contributed by atoms with Gasteiger partial charge >= 0.3 is 0 Å². The summed E-state index contributed by atoms with van der Waals surface area (Å²) in [7, 11) is 0. The fourth-order valence-corrected chi connectivity index (χ4v) is 6.66. The number of ether oxygens (including phenoxy) is 1. The fraction of sp³-hybridized carbons (Fsp3) is 0.429. The highest BCUT2D eigenvalue weighted by molar-refractivity contribution is 6.35. The van der Waals surface area contributed by atoms with Crippen molar-refractivity contribution in [2.75, 3.05) is 44.2 Å². The Labute approximate surface area is 235 Å². The van der Waals surface area contributed by atoms with Crippen LogP contribution in [0.15, 0.2) is 30.9 Å². The van der Waals surface area contributed by atoms with Crippen molar-refractivity contribution >= 4 is 35.1 Å². The van der Waals surface area contributed by atoms with Gasteiger partial charge in [-0.2, -0.15) is 0 Å². The van der Waals surface area contributed by atoms with Gasteiger partial charge in [0.15, 0.2) is 5.75 Å².